The van der Waals surface area contributed by atoms with Gasteiger partial charge in [0.15, 0.2) is 0 Å². The quantitative estimate of drug-likeness (QED) is 0.869. The van der Waals surface area contributed by atoms with Gasteiger partial charge >= 0.3 is 0 Å². The molecule has 1 atom stereocenters. The van der Waals surface area contributed by atoms with Crippen molar-refractivity contribution in [2.75, 3.05) is 6.61 Å². The lowest BCUT2D eigenvalue weighted by Crippen LogP contribution is -2.30. The first-order valence-corrected chi connectivity index (χ1v) is 8.62. The van der Waals surface area contributed by atoms with E-state index >= 15 is 0 Å². The van der Waals surface area contributed by atoms with Crippen LogP contribution in [0.15, 0.2) is 41.3 Å². The molecule has 108 valence electrons. The summed E-state index contributed by atoms with van der Waals surface area (Å²) in [5.41, 5.74) is 0.663. The maximum Gasteiger partial charge on any atom is 0.243 e. The minimum Gasteiger partial charge on any atom is -0.394 e. The third-order valence-electron chi connectivity index (χ3n) is 2.60. The molecule has 0 spiro atoms. The summed E-state index contributed by atoms with van der Waals surface area (Å²) in [6.45, 7) is -0.362. The second-order valence-corrected chi connectivity index (χ2v) is 7.92. The molecule has 0 aliphatic carbocycles. The first kappa shape index (κ1) is 15.8. The lowest BCUT2D eigenvalue weighted by atomic mass is 10.1. The van der Waals surface area contributed by atoms with Gasteiger partial charge in [0.1, 0.15) is 9.23 Å². The normalized spacial score (nSPS) is 13.3. The third-order valence-corrected chi connectivity index (χ3v) is 5.82. The number of sulfonamides is 1. The van der Waals surface area contributed by atoms with Gasteiger partial charge in [-0.3, -0.25) is 0 Å². The molecule has 2 aromatic rings. The van der Waals surface area contributed by atoms with Crippen LogP contribution in [0.4, 0.5) is 0 Å². The standard InChI is InChI=1S/C12H11Cl2NO3S2/c13-11-6-10(12(14)19-11)20(17,18)15-9(7-16)8-4-2-1-3-5-8/h1-6,9,15-16H,7H2/t9-/m1/s1. The zero-order valence-electron chi connectivity index (χ0n) is 10.1. The van der Waals surface area contributed by atoms with Crippen LogP contribution in [0.1, 0.15) is 11.6 Å². The summed E-state index contributed by atoms with van der Waals surface area (Å²) >= 11 is 12.6. The van der Waals surface area contributed by atoms with Gasteiger partial charge in [-0.2, -0.15) is 0 Å². The van der Waals surface area contributed by atoms with E-state index in [-0.39, 0.29) is 20.2 Å². The summed E-state index contributed by atoms with van der Waals surface area (Å²) in [6, 6.07) is 9.34. The summed E-state index contributed by atoms with van der Waals surface area (Å²) in [4.78, 5) is -0.0800. The molecule has 0 saturated heterocycles. The Bertz CT molecular complexity index is 686. The van der Waals surface area contributed by atoms with Crippen LogP contribution >= 0.6 is 34.5 Å². The fourth-order valence-corrected chi connectivity index (χ4v) is 5.02. The van der Waals surface area contributed by atoms with Crippen molar-refractivity contribution >= 4 is 44.6 Å². The molecule has 0 bridgehead atoms. The highest BCUT2D eigenvalue weighted by Gasteiger charge is 2.25. The van der Waals surface area contributed by atoms with E-state index in [0.717, 1.165) is 11.3 Å². The fraction of sp³-hybridized carbons (Fsp3) is 0.167. The molecule has 4 nitrogen and oxygen atoms in total. The monoisotopic (exact) mass is 351 g/mol. The topological polar surface area (TPSA) is 66.4 Å². The van der Waals surface area contributed by atoms with Crippen LogP contribution in [-0.4, -0.2) is 20.1 Å². The predicted octanol–water partition coefficient (Wildman–Crippen LogP) is 3.07. The lowest BCUT2D eigenvalue weighted by Gasteiger charge is -2.16. The highest BCUT2D eigenvalue weighted by Crippen LogP contribution is 2.34. The van der Waals surface area contributed by atoms with Gasteiger partial charge in [-0.05, 0) is 11.6 Å². The van der Waals surface area contributed by atoms with Crippen LogP contribution in [0.25, 0.3) is 0 Å². The second-order valence-electron chi connectivity index (χ2n) is 3.96. The lowest BCUT2D eigenvalue weighted by molar-refractivity contribution is 0.259. The van der Waals surface area contributed by atoms with Crippen LogP contribution in [0.5, 0.6) is 0 Å². The van der Waals surface area contributed by atoms with Gasteiger partial charge in [-0.1, -0.05) is 53.5 Å². The highest BCUT2D eigenvalue weighted by atomic mass is 35.5. The second kappa shape index (κ2) is 6.43. The fourth-order valence-electron chi connectivity index (χ4n) is 1.66. The van der Waals surface area contributed by atoms with Crippen molar-refractivity contribution in [3.05, 3.63) is 50.6 Å². The van der Waals surface area contributed by atoms with E-state index < -0.39 is 16.1 Å². The number of nitrogens with one attached hydrogen (secondary N) is 1. The summed E-state index contributed by atoms with van der Waals surface area (Å²) < 4.78 is 27.3. The molecule has 0 fully saturated rings. The van der Waals surface area contributed by atoms with Crippen LogP contribution in [0, 0.1) is 0 Å². The number of rotatable bonds is 5. The zero-order valence-corrected chi connectivity index (χ0v) is 13.2. The van der Waals surface area contributed by atoms with E-state index in [2.05, 4.69) is 4.72 Å². The van der Waals surface area contributed by atoms with Gasteiger partial charge in [0.2, 0.25) is 10.0 Å². The molecule has 0 aliphatic heterocycles. The molecule has 2 rings (SSSR count). The van der Waals surface area contributed by atoms with E-state index in [1.54, 1.807) is 24.3 Å². The number of aliphatic hydroxyl groups excluding tert-OH is 1. The van der Waals surface area contributed by atoms with Crippen molar-refractivity contribution in [2.45, 2.75) is 10.9 Å². The van der Waals surface area contributed by atoms with E-state index in [1.807, 2.05) is 6.07 Å². The van der Waals surface area contributed by atoms with E-state index in [4.69, 9.17) is 23.2 Å². The van der Waals surface area contributed by atoms with Crippen molar-refractivity contribution in [3.63, 3.8) is 0 Å². The SMILES string of the molecule is O=S(=O)(N[C@H](CO)c1ccccc1)c1cc(Cl)sc1Cl. The predicted molar refractivity (Wildman–Crippen MR) is 80.9 cm³/mol. The minimum absolute atomic E-state index is 0.0800. The molecule has 1 aromatic carbocycles. The maximum atomic E-state index is 12.3. The molecule has 0 unspecified atom stereocenters. The van der Waals surface area contributed by atoms with Gasteiger partial charge in [0.25, 0.3) is 0 Å². The van der Waals surface area contributed by atoms with Gasteiger partial charge < -0.3 is 5.11 Å². The number of thiophene rings is 1. The average Bonchev–Trinajstić information content (AvgIpc) is 2.77. The maximum absolute atomic E-state index is 12.3. The van der Waals surface area contributed by atoms with Crippen LogP contribution in [-0.2, 0) is 10.0 Å². The van der Waals surface area contributed by atoms with Crippen LogP contribution < -0.4 is 4.72 Å². The number of benzene rings is 1. The van der Waals surface area contributed by atoms with Crippen molar-refractivity contribution in [1.82, 2.24) is 4.72 Å². The molecule has 2 N–H and O–H groups in total. The van der Waals surface area contributed by atoms with Gasteiger partial charge in [0.05, 0.1) is 17.0 Å². The largest absolute Gasteiger partial charge is 0.394 e. The Hall–Kier alpha value is -0.630. The Morgan fingerprint density at radius 1 is 1.25 bits per heavy atom. The Morgan fingerprint density at radius 3 is 2.40 bits per heavy atom. The summed E-state index contributed by atoms with van der Waals surface area (Å²) in [5, 5.41) is 9.38. The third kappa shape index (κ3) is 3.52. The van der Waals surface area contributed by atoms with Gasteiger partial charge in [-0.15, -0.1) is 11.3 Å². The molecule has 0 amide bonds. The summed E-state index contributed by atoms with van der Waals surface area (Å²) in [5.74, 6) is 0. The van der Waals surface area contributed by atoms with Crippen molar-refractivity contribution in [2.24, 2.45) is 0 Å². The summed E-state index contributed by atoms with van der Waals surface area (Å²) in [6.07, 6.45) is 0. The van der Waals surface area contributed by atoms with Crippen LogP contribution in [0.2, 0.25) is 8.67 Å². The number of hydrogen-bond donors (Lipinski definition) is 2. The molecule has 20 heavy (non-hydrogen) atoms. The van der Waals surface area contributed by atoms with E-state index in [0.29, 0.717) is 5.56 Å². The Balaban J connectivity index is 2.29. The zero-order chi connectivity index (χ0) is 14.8. The Morgan fingerprint density at radius 2 is 1.90 bits per heavy atom. The first-order valence-electron chi connectivity index (χ1n) is 5.57. The Kier molecular flexibility index (Phi) is 5.06. The molecule has 0 radical (unpaired) electrons. The van der Waals surface area contributed by atoms with Gasteiger partial charge in [-0.25, -0.2) is 13.1 Å². The van der Waals surface area contributed by atoms with Crippen molar-refractivity contribution in [1.29, 1.82) is 0 Å². The smallest absolute Gasteiger partial charge is 0.243 e. The van der Waals surface area contributed by atoms with Crippen molar-refractivity contribution in [3.8, 4) is 0 Å². The highest BCUT2D eigenvalue weighted by molar-refractivity contribution is 7.89. The molecular weight excluding hydrogens is 341 g/mol. The minimum atomic E-state index is -3.85. The van der Waals surface area contributed by atoms with Gasteiger partial charge in [0, 0.05) is 0 Å². The number of aliphatic hydroxyl groups is 1. The molecule has 0 aliphatic rings. The number of hydrogen-bond acceptors (Lipinski definition) is 4. The molecule has 1 aromatic heterocycles. The molecule has 0 saturated carbocycles. The molecule has 1 heterocycles. The Labute approximate surface area is 131 Å². The average molecular weight is 352 g/mol. The van der Waals surface area contributed by atoms with E-state index in [9.17, 15) is 13.5 Å². The van der Waals surface area contributed by atoms with Crippen LogP contribution in [0.3, 0.4) is 0 Å². The van der Waals surface area contributed by atoms with E-state index in [1.165, 1.54) is 6.07 Å². The summed E-state index contributed by atoms with van der Waals surface area (Å²) in [7, 11) is -3.85. The first-order chi connectivity index (χ1) is 9.44. The van der Waals surface area contributed by atoms with Crippen molar-refractivity contribution < 1.29 is 13.5 Å². The molecule has 8 heteroatoms. The molecular formula is C12H11Cl2NO3S2. The number of halogens is 2.